The molecule has 2 aliphatic rings. The number of amides is 4. The highest BCUT2D eigenvalue weighted by Gasteiger charge is 2.37. The van der Waals surface area contributed by atoms with Crippen LogP contribution in [0.25, 0.3) is 6.08 Å². The average Bonchev–Trinajstić information content (AvgIpc) is 3.18. The zero-order chi connectivity index (χ0) is 21.3. The van der Waals surface area contributed by atoms with Crippen molar-refractivity contribution in [2.24, 2.45) is 5.92 Å². The van der Waals surface area contributed by atoms with E-state index >= 15 is 0 Å². The van der Waals surface area contributed by atoms with E-state index in [4.69, 9.17) is 14.2 Å². The number of rotatable bonds is 5. The molecule has 0 aromatic heterocycles. The van der Waals surface area contributed by atoms with Gasteiger partial charge in [-0.3, -0.25) is 14.9 Å². The van der Waals surface area contributed by atoms with E-state index in [2.05, 4.69) is 19.2 Å². The molecule has 0 bridgehead atoms. The summed E-state index contributed by atoms with van der Waals surface area (Å²) in [6.45, 7) is 4.77. The Balaban J connectivity index is 1.59. The third-order valence-electron chi connectivity index (χ3n) is 4.49. The Morgan fingerprint density at radius 1 is 1.07 bits per heavy atom. The average molecular weight is 408 g/mol. The summed E-state index contributed by atoms with van der Waals surface area (Å²) >= 11 is 0. The van der Waals surface area contributed by atoms with Crippen molar-refractivity contribution in [1.82, 2.24) is 5.32 Å². The number of carbonyl (C=O) groups is 3. The summed E-state index contributed by atoms with van der Waals surface area (Å²) in [6.07, 6.45) is 1.44. The van der Waals surface area contributed by atoms with Gasteiger partial charge in [-0.25, -0.2) is 9.69 Å². The van der Waals surface area contributed by atoms with Crippen molar-refractivity contribution in [2.75, 3.05) is 18.3 Å². The van der Waals surface area contributed by atoms with Crippen LogP contribution < -0.4 is 24.4 Å². The number of hydrogen-bond acceptors (Lipinski definition) is 6. The number of imide groups is 2. The van der Waals surface area contributed by atoms with Crippen LogP contribution in [0.2, 0.25) is 0 Å². The predicted molar refractivity (Wildman–Crippen MR) is 108 cm³/mol. The number of nitrogens with one attached hydrogen (secondary N) is 1. The highest BCUT2D eigenvalue weighted by Crippen LogP contribution is 2.36. The van der Waals surface area contributed by atoms with E-state index in [-0.39, 0.29) is 18.1 Å². The van der Waals surface area contributed by atoms with Crippen LogP contribution in [-0.4, -0.2) is 31.2 Å². The number of hydrogen-bond donors (Lipinski definition) is 1. The standard InChI is InChI=1S/C22H20N2O6/c1-13(2)11-28-16-6-3-14(4-7-16)9-17-20(25)23-22(27)24(21(17)26)15-5-8-18-19(10-15)30-12-29-18/h3-10,13H,11-12H2,1-2H3,(H,23,25,27)/b17-9+. The summed E-state index contributed by atoms with van der Waals surface area (Å²) in [4.78, 5) is 38.5. The molecule has 2 aromatic carbocycles. The number of fused-ring (bicyclic) bond motifs is 1. The first-order valence-corrected chi connectivity index (χ1v) is 9.46. The van der Waals surface area contributed by atoms with Gasteiger partial charge in [0.15, 0.2) is 11.5 Å². The van der Waals surface area contributed by atoms with Crippen LogP contribution in [-0.2, 0) is 9.59 Å². The van der Waals surface area contributed by atoms with Gasteiger partial charge < -0.3 is 14.2 Å². The number of urea groups is 1. The third-order valence-corrected chi connectivity index (χ3v) is 4.49. The molecule has 0 spiro atoms. The fraction of sp³-hybridized carbons (Fsp3) is 0.227. The number of benzene rings is 2. The smallest absolute Gasteiger partial charge is 0.335 e. The van der Waals surface area contributed by atoms with Crippen molar-refractivity contribution < 1.29 is 28.6 Å². The fourth-order valence-corrected chi connectivity index (χ4v) is 3.01. The first kappa shape index (κ1) is 19.5. The molecule has 1 saturated heterocycles. The number of ether oxygens (including phenoxy) is 3. The predicted octanol–water partition coefficient (Wildman–Crippen LogP) is 3.12. The van der Waals surface area contributed by atoms with E-state index < -0.39 is 17.8 Å². The summed E-state index contributed by atoms with van der Waals surface area (Å²) in [6, 6.07) is 10.9. The van der Waals surface area contributed by atoms with Gasteiger partial charge in [0.2, 0.25) is 6.79 Å². The molecule has 0 radical (unpaired) electrons. The lowest BCUT2D eigenvalue weighted by atomic mass is 10.1. The Bertz CT molecular complexity index is 1040. The lowest BCUT2D eigenvalue weighted by Gasteiger charge is -2.26. The summed E-state index contributed by atoms with van der Waals surface area (Å²) in [5, 5.41) is 2.20. The molecule has 30 heavy (non-hydrogen) atoms. The zero-order valence-electron chi connectivity index (χ0n) is 16.5. The Morgan fingerprint density at radius 2 is 1.80 bits per heavy atom. The quantitative estimate of drug-likeness (QED) is 0.604. The maximum Gasteiger partial charge on any atom is 0.335 e. The fourth-order valence-electron chi connectivity index (χ4n) is 3.01. The van der Waals surface area contributed by atoms with Crippen molar-refractivity contribution in [1.29, 1.82) is 0 Å². The molecule has 1 N–H and O–H groups in total. The molecule has 154 valence electrons. The summed E-state index contributed by atoms with van der Waals surface area (Å²) < 4.78 is 16.2. The van der Waals surface area contributed by atoms with Crippen molar-refractivity contribution in [3.63, 3.8) is 0 Å². The minimum atomic E-state index is -0.821. The normalized spacial score (nSPS) is 17.0. The van der Waals surface area contributed by atoms with E-state index in [0.29, 0.717) is 35.3 Å². The molecule has 4 amide bonds. The SMILES string of the molecule is CC(C)COc1ccc(/C=C2\C(=O)NC(=O)N(c3ccc4c(c3)OCO4)C2=O)cc1. The molecule has 0 unspecified atom stereocenters. The van der Waals surface area contributed by atoms with Gasteiger partial charge in [-0.2, -0.15) is 0 Å². The van der Waals surface area contributed by atoms with Gasteiger partial charge in [0.25, 0.3) is 11.8 Å². The highest BCUT2D eigenvalue weighted by molar-refractivity contribution is 6.39. The van der Waals surface area contributed by atoms with Crippen LogP contribution >= 0.6 is 0 Å². The molecule has 0 atom stereocenters. The minimum absolute atomic E-state index is 0.0689. The van der Waals surface area contributed by atoms with E-state index in [0.717, 1.165) is 4.90 Å². The Labute approximate surface area is 173 Å². The maximum absolute atomic E-state index is 13.0. The van der Waals surface area contributed by atoms with Gasteiger partial charge >= 0.3 is 6.03 Å². The topological polar surface area (TPSA) is 94.2 Å². The molecule has 0 aliphatic carbocycles. The number of anilines is 1. The van der Waals surface area contributed by atoms with Gasteiger partial charge in [-0.05, 0) is 41.8 Å². The second-order valence-electron chi connectivity index (χ2n) is 7.27. The molecular formula is C22H20N2O6. The van der Waals surface area contributed by atoms with Crippen molar-refractivity contribution in [3.8, 4) is 17.2 Å². The highest BCUT2D eigenvalue weighted by atomic mass is 16.7. The Kier molecular flexibility index (Phi) is 5.14. The molecule has 2 aliphatic heterocycles. The van der Waals surface area contributed by atoms with E-state index in [1.807, 2.05) is 0 Å². The van der Waals surface area contributed by atoms with E-state index in [1.165, 1.54) is 12.1 Å². The van der Waals surface area contributed by atoms with E-state index in [9.17, 15) is 14.4 Å². The molecule has 4 rings (SSSR count). The zero-order valence-corrected chi connectivity index (χ0v) is 16.5. The van der Waals surface area contributed by atoms with Crippen LogP contribution in [0.4, 0.5) is 10.5 Å². The van der Waals surface area contributed by atoms with Gasteiger partial charge in [0.05, 0.1) is 12.3 Å². The van der Waals surface area contributed by atoms with Crippen LogP contribution in [0, 0.1) is 5.92 Å². The first-order chi connectivity index (χ1) is 14.4. The monoisotopic (exact) mass is 408 g/mol. The summed E-state index contributed by atoms with van der Waals surface area (Å²) in [5.74, 6) is 0.574. The minimum Gasteiger partial charge on any atom is -0.493 e. The molecule has 2 aromatic rings. The van der Waals surface area contributed by atoms with Gasteiger partial charge in [-0.15, -0.1) is 0 Å². The van der Waals surface area contributed by atoms with Crippen LogP contribution in [0.5, 0.6) is 17.2 Å². The molecule has 1 fully saturated rings. The number of nitrogens with zero attached hydrogens (tertiary/aromatic N) is 1. The molecule has 8 nitrogen and oxygen atoms in total. The third kappa shape index (κ3) is 3.84. The van der Waals surface area contributed by atoms with Crippen LogP contribution in [0.1, 0.15) is 19.4 Å². The maximum atomic E-state index is 13.0. The Morgan fingerprint density at radius 3 is 2.53 bits per heavy atom. The summed E-state index contributed by atoms with van der Waals surface area (Å²) in [7, 11) is 0. The largest absolute Gasteiger partial charge is 0.493 e. The van der Waals surface area contributed by atoms with Crippen molar-refractivity contribution >= 4 is 29.6 Å². The second-order valence-corrected chi connectivity index (χ2v) is 7.27. The summed E-state index contributed by atoms with van der Waals surface area (Å²) in [5.41, 5.74) is 0.756. The Hall–Kier alpha value is -3.81. The molecule has 8 heteroatoms. The molecule has 0 saturated carbocycles. The molecule has 2 heterocycles. The first-order valence-electron chi connectivity index (χ1n) is 9.46. The second kappa shape index (κ2) is 7.90. The van der Waals surface area contributed by atoms with Crippen LogP contribution in [0.3, 0.4) is 0 Å². The van der Waals surface area contributed by atoms with Gasteiger partial charge in [0.1, 0.15) is 11.3 Å². The number of barbiturate groups is 1. The van der Waals surface area contributed by atoms with Crippen molar-refractivity contribution in [3.05, 3.63) is 53.6 Å². The van der Waals surface area contributed by atoms with E-state index in [1.54, 1.807) is 36.4 Å². The number of carbonyl (C=O) groups excluding carboxylic acids is 3. The van der Waals surface area contributed by atoms with Gasteiger partial charge in [-0.1, -0.05) is 26.0 Å². The molecular weight excluding hydrogens is 388 g/mol. The lowest BCUT2D eigenvalue weighted by molar-refractivity contribution is -0.122. The van der Waals surface area contributed by atoms with Crippen LogP contribution in [0.15, 0.2) is 48.0 Å². The lowest BCUT2D eigenvalue weighted by Crippen LogP contribution is -2.54. The van der Waals surface area contributed by atoms with Crippen molar-refractivity contribution in [2.45, 2.75) is 13.8 Å². The van der Waals surface area contributed by atoms with Gasteiger partial charge in [0, 0.05) is 6.07 Å².